The van der Waals surface area contributed by atoms with Crippen LogP contribution in [-0.4, -0.2) is 36.3 Å². The number of anilines is 2. The normalized spacial score (nSPS) is 10.3. The van der Waals surface area contributed by atoms with E-state index in [0.717, 1.165) is 5.56 Å². The van der Waals surface area contributed by atoms with E-state index in [1.807, 2.05) is 20.8 Å². The Bertz CT molecular complexity index is 771. The van der Waals surface area contributed by atoms with Gasteiger partial charge in [0.25, 0.3) is 5.91 Å². The van der Waals surface area contributed by atoms with Crippen LogP contribution in [0.4, 0.5) is 15.8 Å². The molecule has 0 saturated carbocycles. The molecule has 2 amide bonds. The highest BCUT2D eigenvalue weighted by Crippen LogP contribution is 2.16. The van der Waals surface area contributed by atoms with Crippen molar-refractivity contribution in [2.75, 3.05) is 30.3 Å². The van der Waals surface area contributed by atoms with Gasteiger partial charge in [0.2, 0.25) is 5.91 Å². The van der Waals surface area contributed by atoms with Crippen LogP contribution >= 0.6 is 0 Å². The van der Waals surface area contributed by atoms with E-state index in [9.17, 15) is 14.0 Å². The molecule has 2 aromatic rings. The van der Waals surface area contributed by atoms with Gasteiger partial charge in [-0.2, -0.15) is 0 Å². The van der Waals surface area contributed by atoms with Crippen molar-refractivity contribution >= 4 is 23.2 Å². The molecule has 0 heterocycles. The fourth-order valence-corrected chi connectivity index (χ4v) is 2.55. The van der Waals surface area contributed by atoms with Crippen molar-refractivity contribution in [3.8, 4) is 0 Å². The lowest BCUT2D eigenvalue weighted by atomic mass is 10.1. The number of hydrogen-bond acceptors (Lipinski definition) is 3. The Morgan fingerprint density at radius 2 is 1.69 bits per heavy atom. The molecule has 0 bridgehead atoms. The zero-order valence-corrected chi connectivity index (χ0v) is 15.3. The summed E-state index contributed by atoms with van der Waals surface area (Å²) in [5, 5.41) is 5.67. The summed E-state index contributed by atoms with van der Waals surface area (Å²) in [7, 11) is 0. The number of halogens is 1. The van der Waals surface area contributed by atoms with Crippen LogP contribution in [0, 0.1) is 12.7 Å². The molecule has 5 nitrogen and oxygen atoms in total. The Morgan fingerprint density at radius 3 is 2.31 bits per heavy atom. The van der Waals surface area contributed by atoms with E-state index in [4.69, 9.17) is 0 Å². The van der Waals surface area contributed by atoms with Gasteiger partial charge in [-0.15, -0.1) is 0 Å². The fraction of sp³-hybridized carbons (Fsp3) is 0.300. The molecule has 2 aromatic carbocycles. The van der Waals surface area contributed by atoms with E-state index >= 15 is 0 Å². The molecule has 26 heavy (non-hydrogen) atoms. The summed E-state index contributed by atoms with van der Waals surface area (Å²) >= 11 is 0. The van der Waals surface area contributed by atoms with Gasteiger partial charge >= 0.3 is 0 Å². The monoisotopic (exact) mass is 357 g/mol. The highest BCUT2D eigenvalue weighted by molar-refractivity contribution is 5.96. The number of rotatable bonds is 7. The summed E-state index contributed by atoms with van der Waals surface area (Å²) < 4.78 is 13.3. The number of nitrogens with zero attached hydrogens (tertiary/aromatic N) is 1. The topological polar surface area (TPSA) is 61.4 Å². The predicted molar refractivity (Wildman–Crippen MR) is 102 cm³/mol. The van der Waals surface area contributed by atoms with Gasteiger partial charge in [-0.1, -0.05) is 6.07 Å². The molecule has 0 spiro atoms. The van der Waals surface area contributed by atoms with Gasteiger partial charge in [-0.25, -0.2) is 4.39 Å². The van der Waals surface area contributed by atoms with Crippen LogP contribution < -0.4 is 10.6 Å². The summed E-state index contributed by atoms with van der Waals surface area (Å²) in [6.07, 6.45) is 0. The summed E-state index contributed by atoms with van der Waals surface area (Å²) in [5.74, 6) is -0.639. The third-order valence-electron chi connectivity index (χ3n) is 4.11. The maximum Gasteiger partial charge on any atom is 0.253 e. The highest BCUT2D eigenvalue weighted by atomic mass is 19.1. The molecule has 6 heteroatoms. The van der Waals surface area contributed by atoms with Crippen molar-refractivity contribution in [1.29, 1.82) is 0 Å². The minimum Gasteiger partial charge on any atom is -0.376 e. The Balaban J connectivity index is 1.93. The molecule has 0 fully saturated rings. The fourth-order valence-electron chi connectivity index (χ4n) is 2.55. The van der Waals surface area contributed by atoms with E-state index in [0.29, 0.717) is 30.0 Å². The number of amides is 2. The third-order valence-corrected chi connectivity index (χ3v) is 4.11. The third kappa shape index (κ3) is 5.05. The molecule has 0 aromatic heterocycles. The van der Waals surface area contributed by atoms with Gasteiger partial charge in [0.15, 0.2) is 0 Å². The van der Waals surface area contributed by atoms with Crippen molar-refractivity contribution < 1.29 is 14.0 Å². The second-order valence-corrected chi connectivity index (χ2v) is 5.92. The van der Waals surface area contributed by atoms with Gasteiger partial charge < -0.3 is 15.5 Å². The zero-order chi connectivity index (χ0) is 19.1. The van der Waals surface area contributed by atoms with E-state index < -0.39 is 0 Å². The van der Waals surface area contributed by atoms with Crippen LogP contribution in [-0.2, 0) is 4.79 Å². The Kier molecular flexibility index (Phi) is 6.72. The lowest BCUT2D eigenvalue weighted by molar-refractivity contribution is -0.114. The van der Waals surface area contributed by atoms with Crippen molar-refractivity contribution in [3.63, 3.8) is 0 Å². The van der Waals surface area contributed by atoms with E-state index in [1.165, 1.54) is 12.1 Å². The van der Waals surface area contributed by atoms with Crippen LogP contribution in [0.1, 0.15) is 29.8 Å². The molecule has 2 N–H and O–H groups in total. The van der Waals surface area contributed by atoms with Crippen LogP contribution in [0.2, 0.25) is 0 Å². The Labute approximate surface area is 153 Å². The van der Waals surface area contributed by atoms with Crippen LogP contribution in [0.15, 0.2) is 42.5 Å². The summed E-state index contributed by atoms with van der Waals surface area (Å²) in [6, 6.07) is 11.2. The lowest BCUT2D eigenvalue weighted by Gasteiger charge is -2.18. The number of benzene rings is 2. The van der Waals surface area contributed by atoms with Crippen molar-refractivity contribution in [1.82, 2.24) is 4.90 Å². The molecule has 0 aliphatic carbocycles. The van der Waals surface area contributed by atoms with Gasteiger partial charge in [0.05, 0.1) is 6.54 Å². The van der Waals surface area contributed by atoms with Crippen LogP contribution in [0.3, 0.4) is 0 Å². The Morgan fingerprint density at radius 1 is 1.04 bits per heavy atom. The number of aryl methyl sites for hydroxylation is 1. The lowest BCUT2D eigenvalue weighted by Crippen LogP contribution is -2.30. The average molecular weight is 357 g/mol. The smallest absolute Gasteiger partial charge is 0.253 e. The summed E-state index contributed by atoms with van der Waals surface area (Å²) in [4.78, 5) is 26.1. The first-order chi connectivity index (χ1) is 12.4. The number of carbonyl (C=O) groups excluding carboxylic acids is 2. The molecule has 0 radical (unpaired) electrons. The molecular weight excluding hydrogens is 333 g/mol. The van der Waals surface area contributed by atoms with Crippen LogP contribution in [0.5, 0.6) is 0 Å². The number of hydrogen-bond donors (Lipinski definition) is 2. The van der Waals surface area contributed by atoms with Gasteiger partial charge in [-0.3, -0.25) is 9.59 Å². The van der Waals surface area contributed by atoms with Crippen molar-refractivity contribution in [3.05, 3.63) is 59.4 Å². The second kappa shape index (κ2) is 8.99. The van der Waals surface area contributed by atoms with E-state index in [1.54, 1.807) is 35.2 Å². The molecule has 0 saturated heterocycles. The molecule has 138 valence electrons. The van der Waals surface area contributed by atoms with Crippen LogP contribution in [0.25, 0.3) is 0 Å². The number of nitrogens with one attached hydrogen (secondary N) is 2. The van der Waals surface area contributed by atoms with Crippen molar-refractivity contribution in [2.45, 2.75) is 20.8 Å². The first kappa shape index (κ1) is 19.4. The quantitative estimate of drug-likeness (QED) is 0.795. The minimum absolute atomic E-state index is 0.0183. The minimum atomic E-state index is -0.355. The maximum absolute atomic E-state index is 13.3. The Hall–Kier alpha value is -2.89. The first-order valence-corrected chi connectivity index (χ1v) is 8.63. The standard InChI is InChI=1S/C20H24FN3O2/c1-4-24(5-2)20(26)15-7-10-17(11-8-15)23-19(25)13-22-18-12-16(21)9-6-14(18)3/h6-12,22H,4-5,13H2,1-3H3,(H,23,25). The average Bonchev–Trinajstić information content (AvgIpc) is 2.64. The van der Waals surface area contributed by atoms with E-state index in [2.05, 4.69) is 10.6 Å². The molecule has 0 unspecified atom stereocenters. The summed E-state index contributed by atoms with van der Waals surface area (Å²) in [5.41, 5.74) is 2.63. The van der Waals surface area contributed by atoms with Gasteiger partial charge in [-0.05, 0) is 62.7 Å². The first-order valence-electron chi connectivity index (χ1n) is 8.63. The SMILES string of the molecule is CCN(CC)C(=O)c1ccc(NC(=O)CNc2cc(F)ccc2C)cc1. The molecule has 0 atom stereocenters. The van der Waals surface area contributed by atoms with Gasteiger partial charge in [0.1, 0.15) is 5.82 Å². The second-order valence-electron chi connectivity index (χ2n) is 5.92. The molecule has 2 rings (SSSR count). The molecule has 0 aliphatic heterocycles. The van der Waals surface area contributed by atoms with Gasteiger partial charge in [0, 0.05) is 30.0 Å². The molecular formula is C20H24FN3O2. The molecule has 0 aliphatic rings. The largest absolute Gasteiger partial charge is 0.376 e. The number of carbonyl (C=O) groups is 2. The van der Waals surface area contributed by atoms with E-state index in [-0.39, 0.29) is 24.2 Å². The zero-order valence-electron chi connectivity index (χ0n) is 15.3. The summed E-state index contributed by atoms with van der Waals surface area (Å²) in [6.45, 7) is 7.03. The van der Waals surface area contributed by atoms with Crippen molar-refractivity contribution in [2.24, 2.45) is 0 Å². The highest BCUT2D eigenvalue weighted by Gasteiger charge is 2.12. The predicted octanol–water partition coefficient (Wildman–Crippen LogP) is 3.67. The maximum atomic E-state index is 13.3.